The Bertz CT molecular complexity index is 1390. The van der Waals surface area contributed by atoms with Crippen LogP contribution in [-0.4, -0.2) is 41.6 Å². The summed E-state index contributed by atoms with van der Waals surface area (Å²) < 4.78 is 64.1. The third-order valence-corrected chi connectivity index (χ3v) is 7.40. The van der Waals surface area contributed by atoms with Crippen LogP contribution in [0.3, 0.4) is 0 Å². The third kappa shape index (κ3) is 4.53. The smallest absolute Gasteiger partial charge is 0.325 e. The van der Waals surface area contributed by atoms with Crippen molar-refractivity contribution in [3.05, 3.63) is 47.3 Å². The van der Waals surface area contributed by atoms with Crippen LogP contribution in [0.4, 0.5) is 0 Å². The molecule has 3 rings (SSSR count). The molecule has 0 fully saturated rings. The average Bonchev–Trinajstić information content (AvgIpc) is 3.02. The van der Waals surface area contributed by atoms with Gasteiger partial charge in [-0.05, 0) is 42.5 Å². The fourth-order valence-corrected chi connectivity index (χ4v) is 5.44. The number of nitrogens with zero attached hydrogens (tertiary/aromatic N) is 2. The number of carbonyl (C=O) groups is 1. The highest BCUT2D eigenvalue weighted by Gasteiger charge is 2.18. The van der Waals surface area contributed by atoms with Crippen molar-refractivity contribution in [2.75, 3.05) is 14.2 Å². The zero-order valence-electron chi connectivity index (χ0n) is 15.8. The predicted molar refractivity (Wildman–Crippen MR) is 109 cm³/mol. The van der Waals surface area contributed by atoms with Crippen LogP contribution < -0.4 is 14.7 Å². The molecule has 2 aromatic carbocycles. The zero-order valence-corrected chi connectivity index (χ0v) is 18.3. The van der Waals surface area contributed by atoms with Crippen molar-refractivity contribution in [3.63, 3.8) is 0 Å². The molecule has 30 heavy (non-hydrogen) atoms. The van der Waals surface area contributed by atoms with E-state index in [0.29, 0.717) is 16.0 Å². The number of nitrogens with two attached hydrogens (primary N) is 1. The molecule has 0 bridgehead atoms. The van der Waals surface area contributed by atoms with Crippen LogP contribution >= 0.6 is 11.3 Å². The molecule has 0 aliphatic rings. The van der Waals surface area contributed by atoms with Gasteiger partial charge in [-0.25, -0.2) is 13.6 Å². The van der Waals surface area contributed by atoms with Crippen LogP contribution in [0.2, 0.25) is 0 Å². The van der Waals surface area contributed by atoms with Gasteiger partial charge in [0.1, 0.15) is 12.3 Å². The van der Waals surface area contributed by atoms with Gasteiger partial charge in [0.25, 0.3) is 10.0 Å². The molecule has 0 aliphatic carbocycles. The minimum atomic E-state index is -4.13. The third-order valence-electron chi connectivity index (χ3n) is 4.05. The molecule has 0 amide bonds. The van der Waals surface area contributed by atoms with Crippen molar-refractivity contribution in [1.82, 2.24) is 4.57 Å². The zero-order chi connectivity index (χ0) is 22.1. The second-order valence-corrected chi connectivity index (χ2v) is 10.1. The number of carbonyl (C=O) groups excluding carboxylic acids is 1. The lowest BCUT2D eigenvalue weighted by molar-refractivity contribution is -0.141. The van der Waals surface area contributed by atoms with Gasteiger partial charge in [0.05, 0.1) is 34.2 Å². The number of methoxy groups -OCH3 is 2. The van der Waals surface area contributed by atoms with Gasteiger partial charge in [0.2, 0.25) is 14.8 Å². The van der Waals surface area contributed by atoms with Crippen LogP contribution in [0, 0.1) is 0 Å². The molecule has 1 heterocycles. The number of primary sulfonamides is 1. The quantitative estimate of drug-likeness (QED) is 0.524. The first-order chi connectivity index (χ1) is 14.0. The van der Waals surface area contributed by atoms with Crippen molar-refractivity contribution in [2.24, 2.45) is 9.54 Å². The summed E-state index contributed by atoms with van der Waals surface area (Å²) in [4.78, 5) is 11.6. The Labute approximate surface area is 176 Å². The first kappa shape index (κ1) is 22.0. The van der Waals surface area contributed by atoms with Gasteiger partial charge < -0.3 is 14.0 Å². The number of hydrogen-bond acceptors (Lipinski definition) is 8. The highest BCUT2D eigenvalue weighted by molar-refractivity contribution is 7.90. The van der Waals surface area contributed by atoms with Gasteiger partial charge in [0.15, 0.2) is 0 Å². The summed E-state index contributed by atoms with van der Waals surface area (Å²) in [6.45, 7) is -0.317. The van der Waals surface area contributed by atoms with E-state index >= 15 is 0 Å². The summed E-state index contributed by atoms with van der Waals surface area (Å²) in [5.41, 5.74) is 0.404. The molecule has 0 saturated carbocycles. The van der Waals surface area contributed by atoms with Crippen molar-refractivity contribution in [1.29, 1.82) is 0 Å². The first-order valence-corrected chi connectivity index (χ1v) is 12.0. The van der Waals surface area contributed by atoms with E-state index in [2.05, 4.69) is 9.13 Å². The fraction of sp³-hybridized carbons (Fsp3) is 0.176. The van der Waals surface area contributed by atoms with Crippen molar-refractivity contribution in [3.8, 4) is 5.75 Å². The van der Waals surface area contributed by atoms with Crippen LogP contribution in [0.1, 0.15) is 0 Å². The van der Waals surface area contributed by atoms with E-state index in [1.165, 1.54) is 61.3 Å². The molecule has 3 aromatic rings. The van der Waals surface area contributed by atoms with Crippen LogP contribution in [0.25, 0.3) is 10.2 Å². The number of ether oxygens (including phenoxy) is 2. The van der Waals surface area contributed by atoms with Gasteiger partial charge in [-0.2, -0.15) is 8.42 Å². The highest BCUT2D eigenvalue weighted by atomic mass is 32.2. The Balaban J connectivity index is 2.23. The van der Waals surface area contributed by atoms with E-state index in [1.807, 2.05) is 0 Å². The average molecular weight is 472 g/mol. The molecule has 1 aromatic heterocycles. The molecule has 10 nitrogen and oxygen atoms in total. The molecule has 160 valence electrons. The van der Waals surface area contributed by atoms with Crippen molar-refractivity contribution < 1.29 is 31.1 Å². The number of sulfonamides is 2. The summed E-state index contributed by atoms with van der Waals surface area (Å²) in [6.07, 6.45) is 0. The minimum Gasteiger partial charge on any atom is -0.497 e. The number of esters is 1. The lowest BCUT2D eigenvalue weighted by Crippen LogP contribution is -2.22. The van der Waals surface area contributed by atoms with Gasteiger partial charge in [-0.1, -0.05) is 11.3 Å². The van der Waals surface area contributed by atoms with Crippen LogP contribution in [0.15, 0.2) is 56.7 Å². The lowest BCUT2D eigenvalue weighted by atomic mass is 10.3. The largest absolute Gasteiger partial charge is 0.497 e. The molecular weight excluding hydrogens is 454 g/mol. The molecular formula is C17H17N3O7S3. The van der Waals surface area contributed by atoms with Gasteiger partial charge >= 0.3 is 5.97 Å². The number of hydrogen-bond donors (Lipinski definition) is 1. The number of rotatable bonds is 6. The summed E-state index contributed by atoms with van der Waals surface area (Å²) in [5, 5.41) is 5.16. The summed E-state index contributed by atoms with van der Waals surface area (Å²) in [7, 11) is -5.44. The Morgan fingerprint density at radius 3 is 2.27 bits per heavy atom. The van der Waals surface area contributed by atoms with E-state index in [1.54, 1.807) is 0 Å². The normalized spacial score (nSPS) is 12.8. The Morgan fingerprint density at radius 1 is 1.07 bits per heavy atom. The predicted octanol–water partition coefficient (Wildman–Crippen LogP) is 0.821. The number of aromatic nitrogens is 1. The standard InChI is InChI=1S/C17H17N3O7S3/c1-26-11-3-5-12(6-4-11)30(24,25)19-17-20(10-16(21)27-2)14-8-7-13(29(18,22)23)9-15(14)28-17/h3-9H,10H2,1-2H3,(H2,18,22,23). The second-order valence-electron chi connectivity index (χ2n) is 5.96. The van der Waals surface area contributed by atoms with E-state index < -0.39 is 26.0 Å². The molecule has 0 radical (unpaired) electrons. The fourth-order valence-electron chi connectivity index (χ4n) is 2.55. The summed E-state index contributed by atoms with van der Waals surface area (Å²) in [5.74, 6) is -0.152. The molecule has 0 unspecified atom stereocenters. The lowest BCUT2D eigenvalue weighted by Gasteiger charge is -2.05. The van der Waals surface area contributed by atoms with Crippen molar-refractivity contribution >= 4 is 47.6 Å². The molecule has 0 atom stereocenters. The van der Waals surface area contributed by atoms with Gasteiger partial charge in [0, 0.05) is 0 Å². The van der Waals surface area contributed by atoms with Crippen LogP contribution in [-0.2, 0) is 36.1 Å². The molecule has 13 heteroatoms. The van der Waals surface area contributed by atoms with E-state index in [-0.39, 0.29) is 21.1 Å². The topological polar surface area (TPSA) is 147 Å². The summed E-state index contributed by atoms with van der Waals surface area (Å²) in [6, 6.07) is 9.63. The molecule has 0 spiro atoms. The maximum absolute atomic E-state index is 12.8. The second kappa shape index (κ2) is 8.18. The summed E-state index contributed by atoms with van der Waals surface area (Å²) >= 11 is 0.901. The van der Waals surface area contributed by atoms with E-state index in [0.717, 1.165) is 11.3 Å². The number of benzene rings is 2. The highest BCUT2D eigenvalue weighted by Crippen LogP contribution is 2.23. The number of fused-ring (bicyclic) bond motifs is 1. The SMILES string of the molecule is COC(=O)Cn1c(=NS(=O)(=O)c2ccc(OC)cc2)sc2cc(S(N)(=O)=O)ccc21. The Morgan fingerprint density at radius 2 is 1.70 bits per heavy atom. The Kier molecular flexibility index (Phi) is 5.99. The minimum absolute atomic E-state index is 0.0298. The van der Waals surface area contributed by atoms with Gasteiger partial charge in [-0.3, -0.25) is 4.79 Å². The maximum Gasteiger partial charge on any atom is 0.325 e. The van der Waals surface area contributed by atoms with Gasteiger partial charge in [-0.15, -0.1) is 4.40 Å². The molecule has 0 saturated heterocycles. The Hall–Kier alpha value is -2.74. The maximum atomic E-state index is 12.8. The first-order valence-electron chi connectivity index (χ1n) is 8.23. The number of thiazole rings is 1. The van der Waals surface area contributed by atoms with Crippen LogP contribution in [0.5, 0.6) is 5.75 Å². The monoisotopic (exact) mass is 471 g/mol. The van der Waals surface area contributed by atoms with E-state index in [9.17, 15) is 21.6 Å². The molecule has 2 N–H and O–H groups in total. The van der Waals surface area contributed by atoms with Crippen molar-refractivity contribution in [2.45, 2.75) is 16.3 Å². The van der Waals surface area contributed by atoms with E-state index in [4.69, 9.17) is 9.88 Å². The molecule has 0 aliphatic heterocycles.